The Morgan fingerprint density at radius 1 is 1.03 bits per heavy atom. The zero-order chi connectivity index (χ0) is 21.0. The number of amides is 1. The van der Waals surface area contributed by atoms with E-state index < -0.39 is 6.10 Å². The summed E-state index contributed by atoms with van der Waals surface area (Å²) in [5.74, 6) is 1.46. The van der Waals surface area contributed by atoms with E-state index in [-0.39, 0.29) is 11.9 Å². The average molecular weight is 395 g/mol. The summed E-state index contributed by atoms with van der Waals surface area (Å²) in [4.78, 5) is 15.1. The van der Waals surface area contributed by atoms with Gasteiger partial charge in [0.05, 0.1) is 6.04 Å². The molecule has 1 N–H and O–H groups in total. The van der Waals surface area contributed by atoms with Crippen molar-refractivity contribution >= 4 is 11.6 Å². The van der Waals surface area contributed by atoms with Gasteiger partial charge >= 0.3 is 0 Å². The minimum atomic E-state index is -0.548. The summed E-state index contributed by atoms with van der Waals surface area (Å²) in [5, 5.41) is 3.07. The largest absolute Gasteiger partial charge is 0.481 e. The molecule has 4 heteroatoms. The lowest BCUT2D eigenvalue weighted by Crippen LogP contribution is -2.37. The highest BCUT2D eigenvalue weighted by Crippen LogP contribution is 2.25. The smallest absolute Gasteiger partial charge is 0.261 e. The molecule has 1 saturated heterocycles. The molecule has 4 nitrogen and oxygen atoms in total. The third kappa shape index (κ3) is 5.75. The monoisotopic (exact) mass is 394 g/mol. The van der Waals surface area contributed by atoms with Crippen LogP contribution in [0.25, 0.3) is 0 Å². The molecule has 29 heavy (non-hydrogen) atoms. The van der Waals surface area contributed by atoms with E-state index in [1.165, 1.54) is 18.5 Å². The van der Waals surface area contributed by atoms with Gasteiger partial charge in [0.15, 0.2) is 6.10 Å². The minimum absolute atomic E-state index is 0.0665. The van der Waals surface area contributed by atoms with Crippen LogP contribution >= 0.6 is 0 Å². The molecule has 156 valence electrons. The van der Waals surface area contributed by atoms with Crippen molar-refractivity contribution in [2.45, 2.75) is 59.6 Å². The lowest BCUT2D eigenvalue weighted by atomic mass is 9.98. The van der Waals surface area contributed by atoms with Crippen LogP contribution in [0.15, 0.2) is 42.5 Å². The van der Waals surface area contributed by atoms with E-state index in [0.717, 1.165) is 41.4 Å². The Bertz CT molecular complexity index is 803. The third-order valence-corrected chi connectivity index (χ3v) is 5.78. The standard InChI is InChI=1S/C25H34N2O2/c1-17-10-12-27(13-11-17)23-8-6-22(7-9-23)20(4)26-25(28)21(5)29-24-15-18(2)14-19(3)16-24/h6-9,14-17,20-21H,10-13H2,1-5H3,(H,26,28)/t20-,21+/m0/s1. The van der Waals surface area contributed by atoms with Crippen LogP contribution < -0.4 is 15.0 Å². The number of nitrogens with one attached hydrogen (secondary N) is 1. The van der Waals surface area contributed by atoms with Gasteiger partial charge in [-0.25, -0.2) is 0 Å². The highest BCUT2D eigenvalue weighted by molar-refractivity contribution is 5.81. The highest BCUT2D eigenvalue weighted by atomic mass is 16.5. The lowest BCUT2D eigenvalue weighted by molar-refractivity contribution is -0.127. The molecule has 0 unspecified atom stereocenters. The van der Waals surface area contributed by atoms with E-state index in [9.17, 15) is 4.79 Å². The van der Waals surface area contributed by atoms with E-state index in [2.05, 4.69) is 47.5 Å². The van der Waals surface area contributed by atoms with E-state index in [4.69, 9.17) is 4.74 Å². The molecule has 0 spiro atoms. The lowest BCUT2D eigenvalue weighted by Gasteiger charge is -2.32. The molecule has 0 aliphatic carbocycles. The number of piperidine rings is 1. The summed E-state index contributed by atoms with van der Waals surface area (Å²) in [6.07, 6.45) is 1.97. The van der Waals surface area contributed by atoms with Crippen molar-refractivity contribution in [2.75, 3.05) is 18.0 Å². The Morgan fingerprint density at radius 2 is 1.62 bits per heavy atom. The maximum absolute atomic E-state index is 12.6. The van der Waals surface area contributed by atoms with Gasteiger partial charge in [-0.15, -0.1) is 0 Å². The summed E-state index contributed by atoms with van der Waals surface area (Å²) < 4.78 is 5.86. The summed E-state index contributed by atoms with van der Waals surface area (Å²) in [7, 11) is 0. The first kappa shape index (κ1) is 21.2. The third-order valence-electron chi connectivity index (χ3n) is 5.78. The molecular formula is C25H34N2O2. The molecule has 1 amide bonds. The van der Waals surface area contributed by atoms with Gasteiger partial charge in [0.25, 0.3) is 5.91 Å². The van der Waals surface area contributed by atoms with Gasteiger partial charge in [-0.1, -0.05) is 25.1 Å². The molecule has 2 aromatic carbocycles. The topological polar surface area (TPSA) is 41.6 Å². The SMILES string of the molecule is Cc1cc(C)cc(O[C@H](C)C(=O)N[C@@H](C)c2ccc(N3CCC(C)CC3)cc2)c1. The van der Waals surface area contributed by atoms with Crippen LogP contribution in [0.5, 0.6) is 5.75 Å². The van der Waals surface area contributed by atoms with Gasteiger partial charge in [-0.05, 0) is 87.4 Å². The fourth-order valence-electron chi connectivity index (χ4n) is 3.91. The second-order valence-corrected chi connectivity index (χ2v) is 8.57. The van der Waals surface area contributed by atoms with E-state index >= 15 is 0 Å². The van der Waals surface area contributed by atoms with E-state index in [1.807, 2.05) is 32.9 Å². The van der Waals surface area contributed by atoms with Crippen LogP contribution in [0.1, 0.15) is 56.3 Å². The Hall–Kier alpha value is -2.49. The van der Waals surface area contributed by atoms with Gasteiger partial charge in [-0.3, -0.25) is 4.79 Å². The molecule has 0 radical (unpaired) electrons. The number of hydrogen-bond donors (Lipinski definition) is 1. The first-order valence-electron chi connectivity index (χ1n) is 10.7. The number of carbonyl (C=O) groups is 1. The van der Waals surface area contributed by atoms with Crippen molar-refractivity contribution in [2.24, 2.45) is 5.92 Å². The molecule has 1 aliphatic heterocycles. The molecular weight excluding hydrogens is 360 g/mol. The first-order valence-corrected chi connectivity index (χ1v) is 10.7. The van der Waals surface area contributed by atoms with Gasteiger partial charge in [0.1, 0.15) is 5.75 Å². The fraction of sp³-hybridized carbons (Fsp3) is 0.480. The Balaban J connectivity index is 1.56. The van der Waals surface area contributed by atoms with Gasteiger partial charge < -0.3 is 15.0 Å². The van der Waals surface area contributed by atoms with Crippen molar-refractivity contribution in [1.82, 2.24) is 5.32 Å². The van der Waals surface area contributed by atoms with Crippen LogP contribution in [0.4, 0.5) is 5.69 Å². The highest BCUT2D eigenvalue weighted by Gasteiger charge is 2.19. The normalized spacial score (nSPS) is 16.9. The molecule has 1 heterocycles. The van der Waals surface area contributed by atoms with Crippen LogP contribution in [0, 0.1) is 19.8 Å². The summed E-state index contributed by atoms with van der Waals surface area (Å²) in [5.41, 5.74) is 4.63. The minimum Gasteiger partial charge on any atom is -0.481 e. The maximum atomic E-state index is 12.6. The molecule has 0 aromatic heterocycles. The zero-order valence-electron chi connectivity index (χ0n) is 18.4. The summed E-state index contributed by atoms with van der Waals surface area (Å²) in [6, 6.07) is 14.5. The zero-order valence-corrected chi connectivity index (χ0v) is 18.4. The Kier molecular flexibility index (Phi) is 6.83. The molecule has 0 bridgehead atoms. The second kappa shape index (κ2) is 9.34. The van der Waals surface area contributed by atoms with E-state index in [1.54, 1.807) is 6.92 Å². The first-order chi connectivity index (χ1) is 13.8. The Morgan fingerprint density at radius 3 is 2.21 bits per heavy atom. The molecule has 1 aliphatic rings. The van der Waals surface area contributed by atoms with Gasteiger partial charge in [0.2, 0.25) is 0 Å². The van der Waals surface area contributed by atoms with Crippen LogP contribution in [-0.2, 0) is 4.79 Å². The van der Waals surface area contributed by atoms with Crippen molar-refractivity contribution in [3.8, 4) is 5.75 Å². The number of anilines is 1. The fourth-order valence-corrected chi connectivity index (χ4v) is 3.91. The van der Waals surface area contributed by atoms with Crippen molar-refractivity contribution in [3.63, 3.8) is 0 Å². The molecule has 0 saturated carbocycles. The number of aryl methyl sites for hydroxylation is 2. The number of carbonyl (C=O) groups excluding carboxylic acids is 1. The predicted molar refractivity (Wildman–Crippen MR) is 120 cm³/mol. The quantitative estimate of drug-likeness (QED) is 0.733. The van der Waals surface area contributed by atoms with Crippen molar-refractivity contribution < 1.29 is 9.53 Å². The number of benzene rings is 2. The number of ether oxygens (including phenoxy) is 1. The summed E-state index contributed by atoms with van der Waals surface area (Å²) in [6.45, 7) is 12.4. The predicted octanol–water partition coefficient (Wildman–Crippen LogP) is 5.18. The van der Waals surface area contributed by atoms with Crippen LogP contribution in [-0.4, -0.2) is 25.1 Å². The number of hydrogen-bond acceptors (Lipinski definition) is 3. The molecule has 2 atom stereocenters. The van der Waals surface area contributed by atoms with Crippen molar-refractivity contribution in [1.29, 1.82) is 0 Å². The molecule has 3 rings (SSSR count). The number of rotatable bonds is 6. The molecule has 1 fully saturated rings. The van der Waals surface area contributed by atoms with Crippen LogP contribution in [0.3, 0.4) is 0 Å². The maximum Gasteiger partial charge on any atom is 0.261 e. The Labute approximate surface area is 175 Å². The van der Waals surface area contributed by atoms with Gasteiger partial charge in [0, 0.05) is 18.8 Å². The van der Waals surface area contributed by atoms with Crippen LogP contribution in [0.2, 0.25) is 0 Å². The summed E-state index contributed by atoms with van der Waals surface area (Å²) >= 11 is 0. The number of nitrogens with zero attached hydrogens (tertiary/aromatic N) is 1. The second-order valence-electron chi connectivity index (χ2n) is 8.57. The van der Waals surface area contributed by atoms with E-state index in [0.29, 0.717) is 0 Å². The van der Waals surface area contributed by atoms with Crippen molar-refractivity contribution in [3.05, 3.63) is 59.2 Å². The molecule has 2 aromatic rings. The average Bonchev–Trinajstić information content (AvgIpc) is 2.68. The van der Waals surface area contributed by atoms with Gasteiger partial charge in [-0.2, -0.15) is 0 Å².